The van der Waals surface area contributed by atoms with Gasteiger partial charge in [-0.25, -0.2) is 0 Å². The predicted molar refractivity (Wildman–Crippen MR) is 74.1 cm³/mol. The van der Waals surface area contributed by atoms with E-state index in [0.717, 1.165) is 17.6 Å². The number of benzene rings is 1. The topological polar surface area (TPSA) is 46.2 Å². The number of thiophene rings is 1. The number of carbonyl (C=O) groups is 2. The van der Waals surface area contributed by atoms with Crippen LogP contribution < -0.4 is 5.32 Å². The Morgan fingerprint density at radius 3 is 2.39 bits per heavy atom. The summed E-state index contributed by atoms with van der Waals surface area (Å²) in [5.41, 5.74) is 1.47. The number of aldehydes is 1. The SMILES string of the molecule is O=Cc1ccc(NC(=O)c2cc(Cl)sc2Cl)cc1. The molecule has 6 heteroatoms. The van der Waals surface area contributed by atoms with Gasteiger partial charge >= 0.3 is 0 Å². The number of anilines is 1. The van der Waals surface area contributed by atoms with E-state index in [1.807, 2.05) is 0 Å². The summed E-state index contributed by atoms with van der Waals surface area (Å²) in [6.45, 7) is 0. The Hall–Kier alpha value is -1.36. The van der Waals surface area contributed by atoms with Crippen molar-refractivity contribution in [1.82, 2.24) is 0 Å². The van der Waals surface area contributed by atoms with Gasteiger partial charge in [-0.1, -0.05) is 23.2 Å². The molecule has 0 aliphatic heterocycles. The molecule has 0 fully saturated rings. The Bertz CT molecular complexity index is 593. The smallest absolute Gasteiger partial charge is 0.258 e. The normalized spacial score (nSPS) is 10.1. The van der Waals surface area contributed by atoms with E-state index in [1.54, 1.807) is 24.3 Å². The van der Waals surface area contributed by atoms with E-state index in [9.17, 15) is 9.59 Å². The minimum atomic E-state index is -0.331. The van der Waals surface area contributed by atoms with Crippen molar-refractivity contribution < 1.29 is 9.59 Å². The van der Waals surface area contributed by atoms with Gasteiger partial charge in [0.1, 0.15) is 10.6 Å². The average Bonchev–Trinajstić information content (AvgIpc) is 2.69. The number of hydrogen-bond acceptors (Lipinski definition) is 3. The third-order valence-corrected chi connectivity index (χ3v) is 3.69. The summed E-state index contributed by atoms with van der Waals surface area (Å²) in [6.07, 6.45) is 0.737. The average molecular weight is 300 g/mol. The molecule has 1 heterocycles. The molecule has 1 aromatic heterocycles. The van der Waals surface area contributed by atoms with Crippen LogP contribution in [0.3, 0.4) is 0 Å². The summed E-state index contributed by atoms with van der Waals surface area (Å²) in [6, 6.07) is 8.03. The second-order valence-corrected chi connectivity index (χ2v) is 5.72. The highest BCUT2D eigenvalue weighted by Gasteiger charge is 2.14. The van der Waals surface area contributed by atoms with Crippen molar-refractivity contribution in [3.8, 4) is 0 Å². The zero-order valence-electron chi connectivity index (χ0n) is 8.94. The first-order valence-corrected chi connectivity index (χ1v) is 6.49. The van der Waals surface area contributed by atoms with Crippen LogP contribution >= 0.6 is 34.5 Å². The molecule has 0 saturated heterocycles. The maximum atomic E-state index is 11.9. The summed E-state index contributed by atoms with van der Waals surface area (Å²) in [5.74, 6) is -0.331. The molecule has 1 N–H and O–H groups in total. The fraction of sp³-hybridized carbons (Fsp3) is 0. The lowest BCUT2D eigenvalue weighted by Crippen LogP contribution is -2.11. The minimum absolute atomic E-state index is 0.331. The molecule has 0 unspecified atom stereocenters. The van der Waals surface area contributed by atoms with E-state index in [1.165, 1.54) is 6.07 Å². The molecule has 2 rings (SSSR count). The molecule has 92 valence electrons. The minimum Gasteiger partial charge on any atom is -0.322 e. The molecule has 3 nitrogen and oxygen atoms in total. The molecule has 1 aromatic carbocycles. The summed E-state index contributed by atoms with van der Waals surface area (Å²) >= 11 is 12.8. The van der Waals surface area contributed by atoms with Crippen LogP contribution in [0.1, 0.15) is 20.7 Å². The third-order valence-electron chi connectivity index (χ3n) is 2.21. The third kappa shape index (κ3) is 2.90. The lowest BCUT2D eigenvalue weighted by atomic mass is 10.2. The Morgan fingerprint density at radius 2 is 1.89 bits per heavy atom. The summed E-state index contributed by atoms with van der Waals surface area (Å²) in [5, 5.41) is 2.67. The quantitative estimate of drug-likeness (QED) is 0.867. The molecule has 0 radical (unpaired) electrons. The van der Waals surface area contributed by atoms with Crippen molar-refractivity contribution in [3.05, 3.63) is 50.1 Å². The van der Waals surface area contributed by atoms with Crippen LogP contribution in [0, 0.1) is 0 Å². The number of halogens is 2. The molecule has 0 atom stereocenters. The van der Waals surface area contributed by atoms with Crippen LogP contribution in [-0.4, -0.2) is 12.2 Å². The fourth-order valence-corrected chi connectivity index (χ4v) is 2.80. The van der Waals surface area contributed by atoms with E-state index in [2.05, 4.69) is 5.32 Å². The van der Waals surface area contributed by atoms with Gasteiger partial charge in [-0.2, -0.15) is 0 Å². The van der Waals surface area contributed by atoms with Crippen molar-refractivity contribution in [2.75, 3.05) is 5.32 Å². The largest absolute Gasteiger partial charge is 0.322 e. The lowest BCUT2D eigenvalue weighted by Gasteiger charge is -2.04. The Kier molecular flexibility index (Phi) is 4.01. The molecule has 1 amide bonds. The summed E-state index contributed by atoms with van der Waals surface area (Å²) in [4.78, 5) is 22.4. The van der Waals surface area contributed by atoms with E-state index in [-0.39, 0.29) is 5.91 Å². The van der Waals surface area contributed by atoms with Crippen LogP contribution in [0.25, 0.3) is 0 Å². The Balaban J connectivity index is 2.15. The van der Waals surface area contributed by atoms with Gasteiger partial charge in [0.05, 0.1) is 9.90 Å². The maximum absolute atomic E-state index is 11.9. The lowest BCUT2D eigenvalue weighted by molar-refractivity contribution is 0.102. The first kappa shape index (κ1) is 13.1. The van der Waals surface area contributed by atoms with E-state index in [0.29, 0.717) is 25.5 Å². The van der Waals surface area contributed by atoms with E-state index < -0.39 is 0 Å². The van der Waals surface area contributed by atoms with Crippen LogP contribution in [-0.2, 0) is 0 Å². The van der Waals surface area contributed by atoms with Gasteiger partial charge < -0.3 is 5.32 Å². The van der Waals surface area contributed by atoms with Crippen LogP contribution in [0.5, 0.6) is 0 Å². The second kappa shape index (κ2) is 5.52. The van der Waals surface area contributed by atoms with Gasteiger partial charge in [-0.05, 0) is 30.3 Å². The van der Waals surface area contributed by atoms with Gasteiger partial charge in [0.15, 0.2) is 0 Å². The van der Waals surface area contributed by atoms with E-state index in [4.69, 9.17) is 23.2 Å². The maximum Gasteiger partial charge on any atom is 0.258 e. The molecule has 2 aromatic rings. The zero-order chi connectivity index (χ0) is 13.1. The first-order chi connectivity index (χ1) is 8.60. The summed E-state index contributed by atoms with van der Waals surface area (Å²) < 4.78 is 0.809. The fourth-order valence-electron chi connectivity index (χ4n) is 1.34. The molecular formula is C12H7Cl2NO2S. The molecule has 0 bridgehead atoms. The predicted octanol–water partition coefficient (Wildman–Crippen LogP) is 4.12. The van der Waals surface area contributed by atoms with Gasteiger partial charge in [0, 0.05) is 11.3 Å². The van der Waals surface area contributed by atoms with Crippen molar-refractivity contribution >= 4 is 52.4 Å². The molecule has 0 aliphatic rings. The van der Waals surface area contributed by atoms with Crippen LogP contribution in [0.2, 0.25) is 8.67 Å². The van der Waals surface area contributed by atoms with E-state index >= 15 is 0 Å². The Labute approximate surface area is 117 Å². The van der Waals surface area contributed by atoms with Crippen molar-refractivity contribution in [2.24, 2.45) is 0 Å². The highest BCUT2D eigenvalue weighted by Crippen LogP contribution is 2.31. The molecular weight excluding hydrogens is 293 g/mol. The molecule has 0 saturated carbocycles. The number of hydrogen-bond donors (Lipinski definition) is 1. The Morgan fingerprint density at radius 1 is 1.22 bits per heavy atom. The number of amides is 1. The highest BCUT2D eigenvalue weighted by molar-refractivity contribution is 7.20. The highest BCUT2D eigenvalue weighted by atomic mass is 35.5. The standard InChI is InChI=1S/C12H7Cl2NO2S/c13-10-5-9(11(14)18-10)12(17)15-8-3-1-7(6-16)2-4-8/h1-6H,(H,15,17). The van der Waals surface area contributed by atoms with Crippen LogP contribution in [0.4, 0.5) is 5.69 Å². The summed E-state index contributed by atoms with van der Waals surface area (Å²) in [7, 11) is 0. The molecule has 0 aliphatic carbocycles. The van der Waals surface area contributed by atoms with Gasteiger partial charge in [-0.3, -0.25) is 9.59 Å². The van der Waals surface area contributed by atoms with Crippen molar-refractivity contribution in [1.29, 1.82) is 0 Å². The first-order valence-electron chi connectivity index (χ1n) is 4.91. The van der Waals surface area contributed by atoms with Gasteiger partial charge in [0.2, 0.25) is 0 Å². The number of nitrogens with one attached hydrogen (secondary N) is 1. The van der Waals surface area contributed by atoms with Crippen molar-refractivity contribution in [2.45, 2.75) is 0 Å². The zero-order valence-corrected chi connectivity index (χ0v) is 11.3. The number of rotatable bonds is 3. The monoisotopic (exact) mass is 299 g/mol. The number of carbonyl (C=O) groups excluding carboxylic acids is 2. The second-order valence-electron chi connectivity index (χ2n) is 3.43. The van der Waals surface area contributed by atoms with Crippen molar-refractivity contribution in [3.63, 3.8) is 0 Å². The molecule has 18 heavy (non-hydrogen) atoms. The van der Waals surface area contributed by atoms with Gasteiger partial charge in [0.25, 0.3) is 5.91 Å². The van der Waals surface area contributed by atoms with Gasteiger partial charge in [-0.15, -0.1) is 11.3 Å². The van der Waals surface area contributed by atoms with Crippen LogP contribution in [0.15, 0.2) is 30.3 Å². The molecule has 0 spiro atoms.